The lowest BCUT2D eigenvalue weighted by Crippen LogP contribution is -2.34. The quantitative estimate of drug-likeness (QED) is 0.763. The fourth-order valence-corrected chi connectivity index (χ4v) is 3.53. The summed E-state index contributed by atoms with van der Waals surface area (Å²) >= 11 is 6.13. The van der Waals surface area contributed by atoms with E-state index < -0.39 is 23.7 Å². The summed E-state index contributed by atoms with van der Waals surface area (Å²) in [5, 5.41) is 3.27. The molecule has 154 valence electrons. The molecule has 1 aliphatic rings. The van der Waals surface area contributed by atoms with E-state index in [0.29, 0.717) is 17.1 Å². The molecule has 1 saturated heterocycles. The van der Waals surface area contributed by atoms with Crippen LogP contribution in [-0.4, -0.2) is 23.3 Å². The molecule has 2 aromatic carbocycles. The Morgan fingerprint density at radius 3 is 2.66 bits per heavy atom. The molecule has 1 N–H and O–H groups in total. The zero-order valence-corrected chi connectivity index (χ0v) is 16.4. The van der Waals surface area contributed by atoms with Crippen LogP contribution in [0.15, 0.2) is 48.5 Å². The van der Waals surface area contributed by atoms with Crippen LogP contribution in [-0.2, 0) is 22.3 Å². The molecule has 2 aromatic rings. The lowest BCUT2D eigenvalue weighted by Gasteiger charge is -2.20. The maximum Gasteiger partial charge on any atom is 0.416 e. The predicted molar refractivity (Wildman–Crippen MR) is 103 cm³/mol. The zero-order valence-electron chi connectivity index (χ0n) is 15.7. The Morgan fingerprint density at radius 2 is 1.97 bits per heavy atom. The molecular formula is C21H20ClF3N2O2. The molecule has 4 nitrogen and oxygen atoms in total. The minimum absolute atomic E-state index is 0.0611. The van der Waals surface area contributed by atoms with Crippen molar-refractivity contribution >= 4 is 23.4 Å². The highest BCUT2D eigenvalue weighted by molar-refractivity contribution is 6.31. The van der Waals surface area contributed by atoms with E-state index in [4.69, 9.17) is 11.6 Å². The molecule has 0 bridgehead atoms. The average molecular weight is 425 g/mol. The van der Waals surface area contributed by atoms with Crippen molar-refractivity contribution in [2.24, 2.45) is 5.92 Å². The molecule has 2 atom stereocenters. The molecule has 3 rings (SSSR count). The molecule has 29 heavy (non-hydrogen) atoms. The third kappa shape index (κ3) is 5.09. The maximum atomic E-state index is 12.9. The number of likely N-dealkylation sites (tertiary alicyclic amines) is 1. The second kappa shape index (κ2) is 8.45. The zero-order chi connectivity index (χ0) is 21.2. The molecule has 0 spiro atoms. The van der Waals surface area contributed by atoms with Gasteiger partial charge in [-0.15, -0.1) is 0 Å². The minimum atomic E-state index is -4.45. The van der Waals surface area contributed by atoms with E-state index in [2.05, 4.69) is 5.32 Å². The van der Waals surface area contributed by atoms with Gasteiger partial charge in [0.15, 0.2) is 0 Å². The number of rotatable bonds is 5. The summed E-state index contributed by atoms with van der Waals surface area (Å²) in [4.78, 5) is 26.4. The Morgan fingerprint density at radius 1 is 1.24 bits per heavy atom. The number of amides is 2. The molecule has 0 radical (unpaired) electrons. The van der Waals surface area contributed by atoms with Crippen LogP contribution in [0.5, 0.6) is 0 Å². The first-order valence-electron chi connectivity index (χ1n) is 9.14. The Kier molecular flexibility index (Phi) is 6.17. The number of carbonyl (C=O) groups excluding carboxylic acids is 2. The molecule has 0 unspecified atom stereocenters. The van der Waals surface area contributed by atoms with Crippen LogP contribution in [0.4, 0.5) is 13.2 Å². The predicted octanol–water partition coefficient (Wildman–Crippen LogP) is 4.58. The van der Waals surface area contributed by atoms with Crippen molar-refractivity contribution in [1.29, 1.82) is 0 Å². The first-order valence-corrected chi connectivity index (χ1v) is 9.51. The van der Waals surface area contributed by atoms with Crippen LogP contribution in [0.3, 0.4) is 0 Å². The van der Waals surface area contributed by atoms with Gasteiger partial charge in [0.05, 0.1) is 17.5 Å². The topological polar surface area (TPSA) is 49.4 Å². The molecule has 1 heterocycles. The van der Waals surface area contributed by atoms with E-state index in [-0.39, 0.29) is 24.8 Å². The van der Waals surface area contributed by atoms with Crippen LogP contribution in [0, 0.1) is 5.92 Å². The summed E-state index contributed by atoms with van der Waals surface area (Å²) in [6.07, 6.45) is -4.39. The van der Waals surface area contributed by atoms with Gasteiger partial charge in [-0.2, -0.15) is 13.2 Å². The summed E-state index contributed by atoms with van der Waals surface area (Å²) in [5.41, 5.74) is 0.379. The van der Waals surface area contributed by atoms with Crippen LogP contribution in [0.25, 0.3) is 0 Å². The van der Waals surface area contributed by atoms with Gasteiger partial charge < -0.3 is 10.2 Å². The summed E-state index contributed by atoms with van der Waals surface area (Å²) in [6, 6.07) is 11.4. The molecule has 0 saturated carbocycles. The molecule has 0 aromatic heterocycles. The number of halogens is 4. The second-order valence-electron chi connectivity index (χ2n) is 7.12. The fraction of sp³-hybridized carbons (Fsp3) is 0.333. The van der Waals surface area contributed by atoms with Gasteiger partial charge in [0.25, 0.3) is 0 Å². The minimum Gasteiger partial charge on any atom is -0.349 e. The molecule has 0 aliphatic carbocycles. The van der Waals surface area contributed by atoms with Gasteiger partial charge in [-0.1, -0.05) is 41.9 Å². The van der Waals surface area contributed by atoms with E-state index in [1.807, 2.05) is 12.1 Å². The smallest absolute Gasteiger partial charge is 0.349 e. The first-order chi connectivity index (χ1) is 13.6. The van der Waals surface area contributed by atoms with Crippen molar-refractivity contribution in [2.45, 2.75) is 32.1 Å². The van der Waals surface area contributed by atoms with Crippen molar-refractivity contribution in [1.82, 2.24) is 10.2 Å². The van der Waals surface area contributed by atoms with E-state index in [0.717, 1.165) is 17.7 Å². The SMILES string of the molecule is C[C@@H](NC(=O)[C@@H]1CC(=O)N(Cc2ccccc2Cl)C1)c1cccc(C(F)(F)F)c1. The van der Waals surface area contributed by atoms with Gasteiger partial charge in [-0.25, -0.2) is 0 Å². The number of benzene rings is 2. The lowest BCUT2D eigenvalue weighted by atomic mass is 10.0. The highest BCUT2D eigenvalue weighted by Crippen LogP contribution is 2.31. The average Bonchev–Trinajstić information content (AvgIpc) is 3.04. The lowest BCUT2D eigenvalue weighted by molar-refractivity contribution is -0.137. The van der Waals surface area contributed by atoms with Crippen molar-refractivity contribution in [3.63, 3.8) is 0 Å². The van der Waals surface area contributed by atoms with Crippen LogP contribution in [0.1, 0.15) is 36.1 Å². The number of nitrogens with zero attached hydrogens (tertiary/aromatic N) is 1. The van der Waals surface area contributed by atoms with Crippen LogP contribution in [0.2, 0.25) is 5.02 Å². The monoisotopic (exact) mass is 424 g/mol. The van der Waals surface area contributed by atoms with Gasteiger partial charge >= 0.3 is 6.18 Å². The van der Waals surface area contributed by atoms with Crippen molar-refractivity contribution < 1.29 is 22.8 Å². The highest BCUT2D eigenvalue weighted by atomic mass is 35.5. The number of alkyl halides is 3. The summed E-state index contributed by atoms with van der Waals surface area (Å²) in [5.74, 6) is -1.07. The third-order valence-electron chi connectivity index (χ3n) is 4.98. The molecule has 2 amide bonds. The number of nitrogens with one attached hydrogen (secondary N) is 1. The van der Waals surface area contributed by atoms with Gasteiger partial charge in [-0.05, 0) is 36.2 Å². The van der Waals surface area contributed by atoms with Crippen molar-refractivity contribution in [3.05, 3.63) is 70.2 Å². The standard InChI is InChI=1S/C21H20ClF3N2O2/c1-13(14-6-4-7-17(9-14)21(23,24)25)26-20(29)16-10-19(28)27(12-16)11-15-5-2-3-8-18(15)22/h2-9,13,16H,10-12H2,1H3,(H,26,29)/t13-,16-/m1/s1. The normalized spacial score (nSPS) is 18.0. The van der Waals surface area contributed by atoms with Gasteiger partial charge in [0.1, 0.15) is 0 Å². The maximum absolute atomic E-state index is 12.9. The second-order valence-corrected chi connectivity index (χ2v) is 7.53. The van der Waals surface area contributed by atoms with Gasteiger partial charge in [0.2, 0.25) is 11.8 Å². The molecule has 1 aliphatic heterocycles. The van der Waals surface area contributed by atoms with Crippen molar-refractivity contribution in [3.8, 4) is 0 Å². The number of carbonyl (C=O) groups is 2. The van der Waals surface area contributed by atoms with E-state index in [9.17, 15) is 22.8 Å². The fourth-order valence-electron chi connectivity index (χ4n) is 3.33. The van der Waals surface area contributed by atoms with Crippen LogP contribution >= 0.6 is 11.6 Å². The number of hydrogen-bond acceptors (Lipinski definition) is 2. The van der Waals surface area contributed by atoms with Crippen LogP contribution < -0.4 is 5.32 Å². The Hall–Kier alpha value is -2.54. The van der Waals surface area contributed by atoms with Crippen molar-refractivity contribution in [2.75, 3.05) is 6.54 Å². The molecule has 8 heteroatoms. The Bertz CT molecular complexity index is 917. The number of hydrogen-bond donors (Lipinski definition) is 1. The van der Waals surface area contributed by atoms with E-state index in [1.165, 1.54) is 12.1 Å². The summed E-state index contributed by atoms with van der Waals surface area (Å²) < 4.78 is 38.7. The Balaban J connectivity index is 1.63. The van der Waals surface area contributed by atoms with Gasteiger partial charge in [0, 0.05) is 24.5 Å². The largest absolute Gasteiger partial charge is 0.416 e. The summed E-state index contributed by atoms with van der Waals surface area (Å²) in [7, 11) is 0. The highest BCUT2D eigenvalue weighted by Gasteiger charge is 2.35. The van der Waals surface area contributed by atoms with E-state index >= 15 is 0 Å². The van der Waals surface area contributed by atoms with Gasteiger partial charge in [-0.3, -0.25) is 9.59 Å². The summed E-state index contributed by atoms with van der Waals surface area (Å²) in [6.45, 7) is 2.17. The Labute approximate surface area is 171 Å². The first kappa shape index (κ1) is 21.2. The molecular weight excluding hydrogens is 405 g/mol. The molecule has 1 fully saturated rings. The third-order valence-corrected chi connectivity index (χ3v) is 5.35. The van der Waals surface area contributed by atoms with E-state index in [1.54, 1.807) is 24.0 Å².